The van der Waals surface area contributed by atoms with E-state index in [4.69, 9.17) is 0 Å². The molecule has 1 atom stereocenters. The number of nitrogens with one attached hydrogen (secondary N) is 2. The molecule has 0 fully saturated rings. The molecule has 1 aromatic carbocycles. The molecular weight excluding hydrogens is 278 g/mol. The molecule has 0 saturated heterocycles. The van der Waals surface area contributed by atoms with E-state index in [-0.39, 0.29) is 12.1 Å². The van der Waals surface area contributed by atoms with Gasteiger partial charge in [0, 0.05) is 12.2 Å². The van der Waals surface area contributed by atoms with Crippen molar-refractivity contribution >= 4 is 11.7 Å². The Morgan fingerprint density at radius 3 is 3.00 bits per heavy atom. The van der Waals surface area contributed by atoms with Crippen molar-refractivity contribution in [2.45, 2.75) is 45.2 Å². The number of amides is 2. The van der Waals surface area contributed by atoms with Crippen LogP contribution < -0.4 is 10.6 Å². The fourth-order valence-corrected chi connectivity index (χ4v) is 2.86. The number of rotatable bonds is 3. The van der Waals surface area contributed by atoms with E-state index in [0.29, 0.717) is 5.92 Å². The van der Waals surface area contributed by atoms with Gasteiger partial charge >= 0.3 is 6.03 Å². The molecule has 0 bridgehead atoms. The number of para-hydroxylation sites is 1. The molecule has 2 aromatic rings. The number of carbonyl (C=O) groups is 1. The second kappa shape index (κ2) is 6.17. The second-order valence-electron chi connectivity index (χ2n) is 5.88. The Morgan fingerprint density at radius 2 is 2.18 bits per heavy atom. The number of hydrogen-bond acceptors (Lipinski definition) is 3. The molecule has 1 aliphatic heterocycles. The molecule has 2 N–H and O–H groups in total. The maximum Gasteiger partial charge on any atom is 0.319 e. The molecule has 1 unspecified atom stereocenters. The number of hydrogen-bond donors (Lipinski definition) is 2. The highest BCUT2D eigenvalue weighted by atomic mass is 16.2. The molecule has 0 saturated carbocycles. The monoisotopic (exact) mass is 299 g/mol. The van der Waals surface area contributed by atoms with Gasteiger partial charge in [0.2, 0.25) is 0 Å². The van der Waals surface area contributed by atoms with Crippen molar-refractivity contribution in [2.24, 2.45) is 0 Å². The zero-order valence-electron chi connectivity index (χ0n) is 12.9. The molecule has 1 aromatic heterocycles. The summed E-state index contributed by atoms with van der Waals surface area (Å²) in [6.45, 7) is 5.09. The average molecular weight is 299 g/mol. The number of fused-ring (bicyclic) bond motifs is 1. The Kier molecular flexibility index (Phi) is 4.09. The van der Waals surface area contributed by atoms with Crippen LogP contribution in [0, 0.1) is 0 Å². The SMILES string of the molecule is CC(C)c1ccccc1NC(=O)NC1CCCn2ncnc21. The predicted molar refractivity (Wildman–Crippen MR) is 84.7 cm³/mol. The van der Waals surface area contributed by atoms with Gasteiger partial charge in [-0.3, -0.25) is 0 Å². The summed E-state index contributed by atoms with van der Waals surface area (Å²) in [6.07, 6.45) is 3.42. The Hall–Kier alpha value is -2.37. The Morgan fingerprint density at radius 1 is 1.36 bits per heavy atom. The fourth-order valence-electron chi connectivity index (χ4n) is 2.86. The highest BCUT2D eigenvalue weighted by Crippen LogP contribution is 2.25. The van der Waals surface area contributed by atoms with Crippen molar-refractivity contribution in [1.29, 1.82) is 0 Å². The predicted octanol–water partition coefficient (Wildman–Crippen LogP) is 3.06. The molecular formula is C16H21N5O. The lowest BCUT2D eigenvalue weighted by Crippen LogP contribution is -2.36. The largest absolute Gasteiger partial charge is 0.328 e. The van der Waals surface area contributed by atoms with Crippen LogP contribution in [0.15, 0.2) is 30.6 Å². The van der Waals surface area contributed by atoms with Crippen LogP contribution in [0.25, 0.3) is 0 Å². The summed E-state index contributed by atoms with van der Waals surface area (Å²) in [4.78, 5) is 16.6. The summed E-state index contributed by atoms with van der Waals surface area (Å²) in [6, 6.07) is 7.60. The van der Waals surface area contributed by atoms with Crippen molar-refractivity contribution in [3.63, 3.8) is 0 Å². The van der Waals surface area contributed by atoms with E-state index >= 15 is 0 Å². The number of anilines is 1. The minimum Gasteiger partial charge on any atom is -0.328 e. The minimum absolute atomic E-state index is 0.0811. The van der Waals surface area contributed by atoms with E-state index in [0.717, 1.165) is 36.5 Å². The Bertz CT molecular complexity index is 664. The molecule has 6 nitrogen and oxygen atoms in total. The van der Waals surface area contributed by atoms with Crippen LogP contribution in [-0.4, -0.2) is 20.8 Å². The molecule has 22 heavy (non-hydrogen) atoms. The normalized spacial score (nSPS) is 17.1. The first-order chi connectivity index (χ1) is 10.6. The van der Waals surface area contributed by atoms with Gasteiger partial charge in [-0.25, -0.2) is 14.5 Å². The standard InChI is InChI=1S/C16H21N5O/c1-11(2)12-6-3-4-7-13(12)19-16(22)20-14-8-5-9-21-15(14)17-10-18-21/h3-4,6-7,10-11,14H,5,8-9H2,1-2H3,(H2,19,20,22). The van der Waals surface area contributed by atoms with Crippen molar-refractivity contribution in [3.8, 4) is 0 Å². The van der Waals surface area contributed by atoms with E-state index < -0.39 is 0 Å². The van der Waals surface area contributed by atoms with Crippen LogP contribution in [0.3, 0.4) is 0 Å². The third-order valence-corrected chi connectivity index (χ3v) is 3.96. The highest BCUT2D eigenvalue weighted by Gasteiger charge is 2.24. The minimum atomic E-state index is -0.199. The second-order valence-corrected chi connectivity index (χ2v) is 5.88. The number of carbonyl (C=O) groups excluding carboxylic acids is 1. The van der Waals surface area contributed by atoms with Gasteiger partial charge in [-0.15, -0.1) is 0 Å². The van der Waals surface area contributed by atoms with Gasteiger partial charge in [-0.1, -0.05) is 32.0 Å². The van der Waals surface area contributed by atoms with Crippen LogP contribution in [0.5, 0.6) is 0 Å². The van der Waals surface area contributed by atoms with E-state index in [9.17, 15) is 4.79 Å². The van der Waals surface area contributed by atoms with Crippen molar-refractivity contribution in [1.82, 2.24) is 20.1 Å². The van der Waals surface area contributed by atoms with Crippen molar-refractivity contribution in [2.75, 3.05) is 5.32 Å². The lowest BCUT2D eigenvalue weighted by Gasteiger charge is -2.23. The molecule has 0 radical (unpaired) electrons. The molecule has 116 valence electrons. The molecule has 3 rings (SSSR count). The van der Waals surface area contributed by atoms with Gasteiger partial charge in [0.05, 0.1) is 6.04 Å². The topological polar surface area (TPSA) is 71.8 Å². The third kappa shape index (κ3) is 2.95. The number of aryl methyl sites for hydroxylation is 1. The summed E-state index contributed by atoms with van der Waals surface area (Å²) in [5, 5.41) is 10.1. The quantitative estimate of drug-likeness (QED) is 0.915. The number of benzene rings is 1. The van der Waals surface area contributed by atoms with Gasteiger partial charge < -0.3 is 10.6 Å². The zero-order valence-corrected chi connectivity index (χ0v) is 12.9. The highest BCUT2D eigenvalue weighted by molar-refractivity contribution is 5.90. The lowest BCUT2D eigenvalue weighted by atomic mass is 10.0. The van der Waals surface area contributed by atoms with Gasteiger partial charge in [0.25, 0.3) is 0 Å². The summed E-state index contributed by atoms with van der Waals surface area (Å²) >= 11 is 0. The van der Waals surface area contributed by atoms with Gasteiger partial charge in [-0.2, -0.15) is 5.10 Å². The molecule has 6 heteroatoms. The van der Waals surface area contributed by atoms with Crippen LogP contribution in [0.4, 0.5) is 10.5 Å². The average Bonchev–Trinajstić information content (AvgIpc) is 2.97. The van der Waals surface area contributed by atoms with Crippen LogP contribution in [0.1, 0.15) is 50.0 Å². The number of nitrogens with zero attached hydrogens (tertiary/aromatic N) is 3. The smallest absolute Gasteiger partial charge is 0.319 e. The van der Waals surface area contributed by atoms with Crippen LogP contribution >= 0.6 is 0 Å². The van der Waals surface area contributed by atoms with E-state index in [1.54, 1.807) is 6.33 Å². The van der Waals surface area contributed by atoms with E-state index in [1.807, 2.05) is 28.9 Å². The number of urea groups is 1. The lowest BCUT2D eigenvalue weighted by molar-refractivity contribution is 0.244. The molecule has 1 aliphatic rings. The molecule has 2 amide bonds. The zero-order chi connectivity index (χ0) is 15.5. The van der Waals surface area contributed by atoms with E-state index in [2.05, 4.69) is 34.6 Å². The summed E-state index contributed by atoms with van der Waals surface area (Å²) in [5.74, 6) is 1.19. The summed E-state index contributed by atoms with van der Waals surface area (Å²) in [7, 11) is 0. The molecule has 0 spiro atoms. The maximum atomic E-state index is 12.3. The summed E-state index contributed by atoms with van der Waals surface area (Å²) < 4.78 is 1.86. The maximum absolute atomic E-state index is 12.3. The van der Waals surface area contributed by atoms with Crippen molar-refractivity contribution < 1.29 is 4.79 Å². The van der Waals surface area contributed by atoms with Crippen molar-refractivity contribution in [3.05, 3.63) is 42.0 Å². The van der Waals surface area contributed by atoms with Crippen LogP contribution in [-0.2, 0) is 6.54 Å². The third-order valence-electron chi connectivity index (χ3n) is 3.96. The van der Waals surface area contributed by atoms with Gasteiger partial charge in [0.15, 0.2) is 0 Å². The fraction of sp³-hybridized carbons (Fsp3) is 0.438. The van der Waals surface area contributed by atoms with E-state index in [1.165, 1.54) is 0 Å². The van der Waals surface area contributed by atoms with Crippen LogP contribution in [0.2, 0.25) is 0 Å². The Balaban J connectivity index is 1.70. The first kappa shape index (κ1) is 14.6. The molecule has 0 aliphatic carbocycles. The number of aromatic nitrogens is 3. The van der Waals surface area contributed by atoms with Gasteiger partial charge in [0.1, 0.15) is 12.2 Å². The first-order valence-electron chi connectivity index (χ1n) is 7.69. The summed E-state index contributed by atoms with van der Waals surface area (Å²) in [5.41, 5.74) is 1.98. The van der Waals surface area contributed by atoms with Gasteiger partial charge in [-0.05, 0) is 30.4 Å². The Labute approximate surface area is 129 Å². The first-order valence-corrected chi connectivity index (χ1v) is 7.69. The molecule has 2 heterocycles.